The van der Waals surface area contributed by atoms with Crippen LogP contribution in [0, 0.1) is 0 Å². The van der Waals surface area contributed by atoms with Crippen LogP contribution in [0.25, 0.3) is 11.1 Å². The molecule has 7 heteroatoms. The van der Waals surface area contributed by atoms with Gasteiger partial charge in [0.15, 0.2) is 14.9 Å². The Balaban J connectivity index is 1.07. The van der Waals surface area contributed by atoms with E-state index in [0.717, 1.165) is 54.1 Å². The van der Waals surface area contributed by atoms with Crippen LogP contribution >= 0.6 is 0 Å². The average molecular weight is 501 g/mol. The van der Waals surface area contributed by atoms with E-state index in [-0.39, 0.29) is 11.1 Å². The first-order valence-electron chi connectivity index (χ1n) is 11.8. The van der Waals surface area contributed by atoms with Gasteiger partial charge in [-0.1, -0.05) is 54.6 Å². The van der Waals surface area contributed by atoms with Gasteiger partial charge in [0.25, 0.3) is 0 Å². The molecule has 1 aromatic heterocycles. The highest BCUT2D eigenvalue weighted by Gasteiger charge is 2.28. The van der Waals surface area contributed by atoms with Crippen molar-refractivity contribution in [2.45, 2.75) is 24.3 Å². The molecule has 184 valence electrons. The van der Waals surface area contributed by atoms with Crippen molar-refractivity contribution in [3.05, 3.63) is 108 Å². The number of ether oxygens (including phenoxy) is 2. The SMILES string of the molecule is CS(=O)(=O)c1ccc(-c2ccc(OC3CN(Cc4ccc(OCc5ccccc5)cc4)C3)cc2)cn1. The zero-order valence-electron chi connectivity index (χ0n) is 20.1. The average Bonchev–Trinajstić information content (AvgIpc) is 2.87. The Kier molecular flexibility index (Phi) is 7.02. The smallest absolute Gasteiger partial charge is 0.192 e. The molecule has 5 rings (SSSR count). The summed E-state index contributed by atoms with van der Waals surface area (Å²) in [6, 6.07) is 29.5. The molecule has 2 heterocycles. The lowest BCUT2D eigenvalue weighted by molar-refractivity contribution is 0.0146. The summed E-state index contributed by atoms with van der Waals surface area (Å²) in [5, 5.41) is 0.0769. The second kappa shape index (κ2) is 10.5. The summed E-state index contributed by atoms with van der Waals surface area (Å²) in [6.45, 7) is 3.21. The highest BCUT2D eigenvalue weighted by molar-refractivity contribution is 7.90. The van der Waals surface area contributed by atoms with Crippen molar-refractivity contribution in [3.63, 3.8) is 0 Å². The Bertz CT molecular complexity index is 1380. The molecule has 0 saturated carbocycles. The summed E-state index contributed by atoms with van der Waals surface area (Å²) in [5.74, 6) is 1.70. The summed E-state index contributed by atoms with van der Waals surface area (Å²) in [7, 11) is -3.30. The van der Waals surface area contributed by atoms with Gasteiger partial charge in [-0.2, -0.15) is 0 Å². The molecule has 36 heavy (non-hydrogen) atoms. The summed E-state index contributed by atoms with van der Waals surface area (Å²) in [5.41, 5.74) is 4.23. The first-order valence-corrected chi connectivity index (χ1v) is 13.7. The molecule has 0 atom stereocenters. The van der Waals surface area contributed by atoms with Gasteiger partial charge in [0.1, 0.15) is 24.2 Å². The predicted molar refractivity (Wildman–Crippen MR) is 140 cm³/mol. The molecule has 4 aromatic rings. The van der Waals surface area contributed by atoms with Gasteiger partial charge in [-0.3, -0.25) is 4.90 Å². The monoisotopic (exact) mass is 500 g/mol. The highest BCUT2D eigenvalue weighted by atomic mass is 32.2. The van der Waals surface area contributed by atoms with Crippen molar-refractivity contribution in [1.82, 2.24) is 9.88 Å². The molecule has 0 spiro atoms. The van der Waals surface area contributed by atoms with Crippen molar-refractivity contribution in [3.8, 4) is 22.6 Å². The number of pyridine rings is 1. The summed E-state index contributed by atoms with van der Waals surface area (Å²) < 4.78 is 35.1. The third-order valence-electron chi connectivity index (χ3n) is 6.11. The van der Waals surface area contributed by atoms with E-state index in [9.17, 15) is 8.42 Å². The molecule has 1 fully saturated rings. The fraction of sp³-hybridized carbons (Fsp3) is 0.207. The second-order valence-electron chi connectivity index (χ2n) is 9.03. The number of rotatable bonds is 9. The maximum Gasteiger partial charge on any atom is 0.192 e. The van der Waals surface area contributed by atoms with E-state index in [1.165, 1.54) is 11.6 Å². The van der Waals surface area contributed by atoms with Gasteiger partial charge in [-0.15, -0.1) is 0 Å². The molecule has 1 saturated heterocycles. The molecule has 3 aromatic carbocycles. The van der Waals surface area contributed by atoms with Gasteiger partial charge in [-0.05, 0) is 53.1 Å². The van der Waals surface area contributed by atoms with Gasteiger partial charge in [0, 0.05) is 37.7 Å². The number of aromatic nitrogens is 1. The van der Waals surface area contributed by atoms with Gasteiger partial charge >= 0.3 is 0 Å². The Labute approximate surface area is 212 Å². The summed E-state index contributed by atoms with van der Waals surface area (Å²) >= 11 is 0. The van der Waals surface area contributed by atoms with Crippen LogP contribution < -0.4 is 9.47 Å². The van der Waals surface area contributed by atoms with E-state index in [0.29, 0.717) is 6.61 Å². The number of benzene rings is 3. The van der Waals surface area contributed by atoms with E-state index in [1.54, 1.807) is 12.3 Å². The standard InChI is InChI=1S/C29H28N2O4S/c1-36(32,33)29-16-11-25(17-30-29)24-9-14-27(15-10-24)35-28-19-31(20-28)18-22-7-12-26(13-8-22)34-21-23-5-3-2-4-6-23/h2-17,28H,18-21H2,1H3. The molecular formula is C29H28N2O4S. The molecule has 0 amide bonds. The van der Waals surface area contributed by atoms with Crippen LogP contribution in [0.5, 0.6) is 11.5 Å². The van der Waals surface area contributed by atoms with E-state index in [2.05, 4.69) is 34.1 Å². The third-order valence-corrected chi connectivity index (χ3v) is 7.11. The minimum atomic E-state index is -3.30. The quantitative estimate of drug-likeness (QED) is 0.322. The third kappa shape index (κ3) is 6.11. The minimum absolute atomic E-state index is 0.0769. The highest BCUT2D eigenvalue weighted by Crippen LogP contribution is 2.25. The molecule has 0 aliphatic carbocycles. The minimum Gasteiger partial charge on any atom is -0.489 e. The van der Waals surface area contributed by atoms with Crippen LogP contribution in [0.3, 0.4) is 0 Å². The number of nitrogens with zero attached hydrogens (tertiary/aromatic N) is 2. The van der Waals surface area contributed by atoms with Crippen LogP contribution in [0.4, 0.5) is 0 Å². The summed E-state index contributed by atoms with van der Waals surface area (Å²) in [6.07, 6.45) is 2.90. The Morgan fingerprint density at radius 3 is 2.11 bits per heavy atom. The van der Waals surface area contributed by atoms with Gasteiger partial charge < -0.3 is 9.47 Å². The van der Waals surface area contributed by atoms with Crippen molar-refractivity contribution >= 4 is 9.84 Å². The number of likely N-dealkylation sites (tertiary alicyclic amines) is 1. The fourth-order valence-electron chi connectivity index (χ4n) is 4.11. The number of hydrogen-bond donors (Lipinski definition) is 0. The van der Waals surface area contributed by atoms with Crippen LogP contribution in [0.15, 0.2) is 102 Å². The predicted octanol–water partition coefficient (Wildman–Crippen LogP) is 4.99. The first kappa shape index (κ1) is 24.0. The van der Waals surface area contributed by atoms with E-state index < -0.39 is 9.84 Å². The normalized spacial score (nSPS) is 14.2. The molecule has 0 unspecified atom stereocenters. The molecule has 1 aliphatic heterocycles. The van der Waals surface area contributed by atoms with E-state index >= 15 is 0 Å². The maximum atomic E-state index is 11.6. The van der Waals surface area contributed by atoms with Gasteiger partial charge in [0.05, 0.1) is 0 Å². The Hall–Kier alpha value is -3.68. The molecule has 0 bridgehead atoms. The zero-order valence-corrected chi connectivity index (χ0v) is 20.9. The maximum absolute atomic E-state index is 11.6. The molecule has 6 nitrogen and oxygen atoms in total. The molecule has 1 aliphatic rings. The molecule has 0 radical (unpaired) electrons. The molecule has 0 N–H and O–H groups in total. The van der Waals surface area contributed by atoms with E-state index in [1.807, 2.05) is 54.6 Å². The van der Waals surface area contributed by atoms with Crippen LogP contribution in [0.2, 0.25) is 0 Å². The lowest BCUT2D eigenvalue weighted by Crippen LogP contribution is -2.53. The van der Waals surface area contributed by atoms with Gasteiger partial charge in [0.2, 0.25) is 0 Å². The lowest BCUT2D eigenvalue weighted by atomic mass is 10.1. The van der Waals surface area contributed by atoms with Crippen LogP contribution in [0.1, 0.15) is 11.1 Å². The Morgan fingerprint density at radius 2 is 1.47 bits per heavy atom. The van der Waals surface area contributed by atoms with Crippen LogP contribution in [-0.2, 0) is 23.0 Å². The van der Waals surface area contributed by atoms with Crippen molar-refractivity contribution in [2.75, 3.05) is 19.3 Å². The van der Waals surface area contributed by atoms with Crippen molar-refractivity contribution < 1.29 is 17.9 Å². The molecular weight excluding hydrogens is 472 g/mol. The summed E-state index contributed by atoms with van der Waals surface area (Å²) in [4.78, 5) is 6.41. The van der Waals surface area contributed by atoms with Crippen LogP contribution in [-0.4, -0.2) is 43.8 Å². The lowest BCUT2D eigenvalue weighted by Gasteiger charge is -2.39. The van der Waals surface area contributed by atoms with Gasteiger partial charge in [-0.25, -0.2) is 13.4 Å². The number of hydrogen-bond acceptors (Lipinski definition) is 6. The fourth-order valence-corrected chi connectivity index (χ4v) is 4.66. The topological polar surface area (TPSA) is 68.7 Å². The Morgan fingerprint density at radius 1 is 0.806 bits per heavy atom. The number of sulfone groups is 1. The second-order valence-corrected chi connectivity index (χ2v) is 11.0. The zero-order chi connectivity index (χ0) is 25.0. The first-order chi connectivity index (χ1) is 17.4. The van der Waals surface area contributed by atoms with Crippen molar-refractivity contribution in [1.29, 1.82) is 0 Å². The van der Waals surface area contributed by atoms with E-state index in [4.69, 9.17) is 9.47 Å². The van der Waals surface area contributed by atoms with Crippen molar-refractivity contribution in [2.24, 2.45) is 0 Å². The largest absolute Gasteiger partial charge is 0.489 e.